The normalized spacial score (nSPS) is 10.9. The van der Waals surface area contributed by atoms with Gasteiger partial charge in [-0.3, -0.25) is 9.36 Å². The molecule has 0 aliphatic rings. The van der Waals surface area contributed by atoms with E-state index in [0.717, 1.165) is 0 Å². The summed E-state index contributed by atoms with van der Waals surface area (Å²) in [5.74, 6) is -1.04. The molecule has 0 unspecified atom stereocenters. The van der Waals surface area contributed by atoms with Crippen LogP contribution in [0.4, 0.5) is 4.39 Å². The summed E-state index contributed by atoms with van der Waals surface area (Å²) in [6.45, 7) is 0.322. The Labute approximate surface area is 131 Å². The van der Waals surface area contributed by atoms with Crippen LogP contribution in [0.3, 0.4) is 0 Å². The number of aryl methyl sites for hydroxylation is 1. The number of rotatable bonds is 4. The van der Waals surface area contributed by atoms with Gasteiger partial charge in [-0.1, -0.05) is 18.2 Å². The number of carbonyl (C=O) groups is 1. The number of benzene rings is 2. The maximum Gasteiger partial charge on any atom is 0.419 e. The third kappa shape index (κ3) is 3.01. The van der Waals surface area contributed by atoms with Gasteiger partial charge in [0.2, 0.25) is 0 Å². The zero-order chi connectivity index (χ0) is 16.4. The average Bonchev–Trinajstić information content (AvgIpc) is 2.83. The molecule has 6 heteroatoms. The summed E-state index contributed by atoms with van der Waals surface area (Å²) in [6, 6.07) is 11.2. The van der Waals surface area contributed by atoms with Gasteiger partial charge >= 0.3 is 5.76 Å². The molecule has 5 nitrogen and oxygen atoms in total. The van der Waals surface area contributed by atoms with Crippen molar-refractivity contribution in [3.05, 3.63) is 70.0 Å². The van der Waals surface area contributed by atoms with Crippen molar-refractivity contribution in [1.29, 1.82) is 0 Å². The number of nitrogens with one attached hydrogen (secondary N) is 1. The molecule has 1 amide bonds. The largest absolute Gasteiger partial charge is 0.419 e. The fourth-order valence-electron chi connectivity index (χ4n) is 2.38. The van der Waals surface area contributed by atoms with Gasteiger partial charge in [-0.05, 0) is 36.2 Å². The molecule has 0 aliphatic carbocycles. The molecule has 1 heterocycles. The molecule has 1 N–H and O–H groups in total. The maximum absolute atomic E-state index is 13.5. The van der Waals surface area contributed by atoms with Crippen molar-refractivity contribution in [2.45, 2.75) is 6.42 Å². The predicted molar refractivity (Wildman–Crippen MR) is 83.9 cm³/mol. The minimum absolute atomic E-state index is 0.281. The average molecular weight is 314 g/mol. The van der Waals surface area contributed by atoms with E-state index in [0.29, 0.717) is 35.2 Å². The first-order chi connectivity index (χ1) is 11.1. The molecule has 0 radical (unpaired) electrons. The molecule has 3 rings (SSSR count). The van der Waals surface area contributed by atoms with Crippen LogP contribution in [0.15, 0.2) is 51.7 Å². The lowest BCUT2D eigenvalue weighted by molar-refractivity contribution is 0.0954. The van der Waals surface area contributed by atoms with E-state index in [-0.39, 0.29) is 11.7 Å². The minimum atomic E-state index is -0.475. The number of aromatic nitrogens is 1. The molecule has 0 saturated carbocycles. The molecule has 0 bridgehead atoms. The Kier molecular flexibility index (Phi) is 3.97. The Balaban J connectivity index is 1.70. The van der Waals surface area contributed by atoms with E-state index in [2.05, 4.69) is 5.32 Å². The van der Waals surface area contributed by atoms with Crippen molar-refractivity contribution < 1.29 is 13.6 Å². The van der Waals surface area contributed by atoms with Gasteiger partial charge < -0.3 is 9.73 Å². The molecule has 2 aromatic carbocycles. The lowest BCUT2D eigenvalue weighted by Crippen LogP contribution is -2.25. The Morgan fingerprint density at radius 3 is 2.83 bits per heavy atom. The summed E-state index contributed by atoms with van der Waals surface area (Å²) < 4.78 is 19.9. The zero-order valence-electron chi connectivity index (χ0n) is 12.5. The molecular formula is C17H15FN2O3. The highest BCUT2D eigenvalue weighted by molar-refractivity contribution is 5.97. The van der Waals surface area contributed by atoms with Crippen LogP contribution < -0.4 is 11.1 Å². The van der Waals surface area contributed by atoms with E-state index >= 15 is 0 Å². The summed E-state index contributed by atoms with van der Waals surface area (Å²) in [4.78, 5) is 23.6. The molecule has 0 atom stereocenters. The van der Waals surface area contributed by atoms with Crippen LogP contribution in [0.25, 0.3) is 11.1 Å². The smallest absolute Gasteiger partial charge is 0.408 e. The number of fused-ring (bicyclic) bond motifs is 1. The number of hydrogen-bond donors (Lipinski definition) is 1. The molecule has 0 saturated heterocycles. The summed E-state index contributed by atoms with van der Waals surface area (Å²) in [5, 5.41) is 2.74. The number of carbonyl (C=O) groups excluding carboxylic acids is 1. The second-order valence-corrected chi connectivity index (χ2v) is 5.21. The molecular weight excluding hydrogens is 299 g/mol. The third-order valence-electron chi connectivity index (χ3n) is 3.69. The van der Waals surface area contributed by atoms with Gasteiger partial charge in [0.15, 0.2) is 5.58 Å². The van der Waals surface area contributed by atoms with Gasteiger partial charge in [0.05, 0.1) is 5.52 Å². The van der Waals surface area contributed by atoms with E-state index in [4.69, 9.17) is 4.42 Å². The van der Waals surface area contributed by atoms with Crippen LogP contribution in [0.5, 0.6) is 0 Å². The number of hydrogen-bond acceptors (Lipinski definition) is 3. The first-order valence-corrected chi connectivity index (χ1v) is 7.17. The zero-order valence-corrected chi connectivity index (χ0v) is 12.5. The minimum Gasteiger partial charge on any atom is -0.408 e. The number of oxazole rings is 1. The molecule has 118 valence electrons. The summed E-state index contributed by atoms with van der Waals surface area (Å²) in [6.07, 6.45) is 0.408. The Hall–Kier alpha value is -2.89. The molecule has 0 fully saturated rings. The number of amides is 1. The summed E-state index contributed by atoms with van der Waals surface area (Å²) in [7, 11) is 1.58. The van der Waals surface area contributed by atoms with Gasteiger partial charge in [0, 0.05) is 19.2 Å². The van der Waals surface area contributed by atoms with E-state index in [1.54, 1.807) is 43.4 Å². The first-order valence-electron chi connectivity index (χ1n) is 7.17. The van der Waals surface area contributed by atoms with Crippen molar-refractivity contribution in [3.63, 3.8) is 0 Å². The first kappa shape index (κ1) is 15.0. The maximum atomic E-state index is 13.5. The fraction of sp³-hybridized carbons (Fsp3) is 0.176. The second-order valence-electron chi connectivity index (χ2n) is 5.21. The Morgan fingerprint density at radius 2 is 2.04 bits per heavy atom. The lowest BCUT2D eigenvalue weighted by Gasteiger charge is -2.06. The topological polar surface area (TPSA) is 64.2 Å². The van der Waals surface area contributed by atoms with Crippen molar-refractivity contribution in [1.82, 2.24) is 9.88 Å². The van der Waals surface area contributed by atoms with Gasteiger partial charge in [0.1, 0.15) is 5.82 Å². The van der Waals surface area contributed by atoms with Crippen LogP contribution in [0.1, 0.15) is 15.9 Å². The molecule has 0 spiro atoms. The highest BCUT2D eigenvalue weighted by atomic mass is 19.1. The summed E-state index contributed by atoms with van der Waals surface area (Å²) >= 11 is 0. The van der Waals surface area contributed by atoms with E-state index in [1.807, 2.05) is 0 Å². The molecule has 3 aromatic rings. The van der Waals surface area contributed by atoms with E-state index in [1.165, 1.54) is 10.6 Å². The van der Waals surface area contributed by atoms with Gasteiger partial charge in [0.25, 0.3) is 5.91 Å². The lowest BCUT2D eigenvalue weighted by atomic mass is 10.1. The number of nitrogens with zero attached hydrogens (tertiary/aromatic N) is 1. The fourth-order valence-corrected chi connectivity index (χ4v) is 2.38. The van der Waals surface area contributed by atoms with Gasteiger partial charge in [-0.2, -0.15) is 0 Å². The molecule has 1 aromatic heterocycles. The number of halogens is 1. The molecule has 0 aliphatic heterocycles. The van der Waals surface area contributed by atoms with Crippen molar-refractivity contribution in [2.75, 3.05) is 6.54 Å². The van der Waals surface area contributed by atoms with Crippen molar-refractivity contribution in [2.24, 2.45) is 7.05 Å². The van der Waals surface area contributed by atoms with Crippen LogP contribution in [0.2, 0.25) is 0 Å². The predicted octanol–water partition coefficient (Wildman–Crippen LogP) is 2.24. The quantitative estimate of drug-likeness (QED) is 0.803. The van der Waals surface area contributed by atoms with E-state index < -0.39 is 5.76 Å². The Morgan fingerprint density at radius 1 is 1.26 bits per heavy atom. The van der Waals surface area contributed by atoms with Gasteiger partial charge in [-0.25, -0.2) is 9.18 Å². The highest BCUT2D eigenvalue weighted by Crippen LogP contribution is 2.14. The summed E-state index contributed by atoms with van der Waals surface area (Å²) in [5.41, 5.74) is 1.96. The van der Waals surface area contributed by atoms with E-state index in [9.17, 15) is 14.0 Å². The van der Waals surface area contributed by atoms with Crippen LogP contribution in [-0.2, 0) is 13.5 Å². The SMILES string of the molecule is Cn1c(=O)oc2ccc(C(=O)NCCc3ccccc3F)cc21. The van der Waals surface area contributed by atoms with Gasteiger partial charge in [-0.15, -0.1) is 0 Å². The van der Waals surface area contributed by atoms with Crippen molar-refractivity contribution >= 4 is 17.0 Å². The van der Waals surface area contributed by atoms with Crippen LogP contribution >= 0.6 is 0 Å². The second kappa shape index (κ2) is 6.08. The standard InChI is InChI=1S/C17H15FN2O3/c1-20-14-10-12(6-7-15(14)23-17(20)22)16(21)19-9-8-11-4-2-3-5-13(11)18/h2-7,10H,8-9H2,1H3,(H,19,21). The monoisotopic (exact) mass is 314 g/mol. The highest BCUT2D eigenvalue weighted by Gasteiger charge is 2.11. The molecule has 23 heavy (non-hydrogen) atoms. The Bertz CT molecular complexity index is 927. The van der Waals surface area contributed by atoms with Crippen LogP contribution in [-0.4, -0.2) is 17.0 Å². The van der Waals surface area contributed by atoms with Crippen molar-refractivity contribution in [3.8, 4) is 0 Å². The van der Waals surface area contributed by atoms with Crippen LogP contribution in [0, 0.1) is 5.82 Å². The third-order valence-corrected chi connectivity index (χ3v) is 3.69.